The molecule has 3 fully saturated rings. The zero-order chi connectivity index (χ0) is 46.1. The van der Waals surface area contributed by atoms with E-state index in [1.54, 1.807) is 30.3 Å². The summed E-state index contributed by atoms with van der Waals surface area (Å²) in [4.78, 5) is 49.3. The fourth-order valence-corrected chi connectivity index (χ4v) is 7.57. The largest absolute Gasteiger partial charge is 0.479 e. The molecule has 15 atom stereocenters. The Morgan fingerprint density at radius 3 is 1.81 bits per heavy atom. The molecule has 0 radical (unpaired) electrons. The number of hydrogen-bond donors (Lipinski definition) is 11. The molecule has 3 aliphatic heterocycles. The van der Waals surface area contributed by atoms with E-state index in [0.717, 1.165) is 13.8 Å². The number of aliphatic hydroxyl groups is 5. The maximum Gasteiger partial charge on any atom is 0.407 e. The van der Waals surface area contributed by atoms with Crippen LogP contribution in [0.2, 0.25) is 0 Å². The van der Waals surface area contributed by atoms with Gasteiger partial charge in [-0.05, 0) is 5.56 Å². The molecule has 1 aromatic rings. The first-order valence-corrected chi connectivity index (χ1v) is 20.9. The van der Waals surface area contributed by atoms with Crippen LogP contribution in [0.5, 0.6) is 0 Å². The average Bonchev–Trinajstić information content (AvgIpc) is 3.18. The predicted molar refractivity (Wildman–Crippen MR) is 194 cm³/mol. The molecule has 1 aromatic carbocycles. The summed E-state index contributed by atoms with van der Waals surface area (Å²) in [5.41, 5.74) is 0.683. The molecule has 0 aromatic heterocycles. The summed E-state index contributed by atoms with van der Waals surface area (Å²) >= 11 is 0. The number of aliphatic hydroxyl groups excluding tert-OH is 5. The van der Waals surface area contributed by atoms with Crippen LogP contribution in [0.15, 0.2) is 30.3 Å². The number of carbonyl (C=O) groups excluding carboxylic acids is 3. The second kappa shape index (κ2) is 22.2. The van der Waals surface area contributed by atoms with E-state index < -0.39 is 156 Å². The zero-order valence-corrected chi connectivity index (χ0v) is 34.0. The van der Waals surface area contributed by atoms with E-state index in [-0.39, 0.29) is 13.2 Å². The van der Waals surface area contributed by atoms with Crippen molar-refractivity contribution < 1.29 is 117 Å². The summed E-state index contributed by atoms with van der Waals surface area (Å²) in [6.07, 6.45) is -28.8. The number of ether oxygens (including phenoxy) is 7. The second-order valence-corrected chi connectivity index (χ2v) is 15.8. The zero-order valence-electron chi connectivity index (χ0n) is 32.4. The molecule has 4 rings (SSSR count). The van der Waals surface area contributed by atoms with Crippen molar-refractivity contribution in [2.75, 3.05) is 26.4 Å². The van der Waals surface area contributed by atoms with Gasteiger partial charge in [-0.25, -0.2) is 18.0 Å². The van der Waals surface area contributed by atoms with Gasteiger partial charge < -0.3 is 79.7 Å². The van der Waals surface area contributed by atoms with E-state index in [1.165, 1.54) is 0 Å². The van der Waals surface area contributed by atoms with Crippen molar-refractivity contribution in [3.8, 4) is 0 Å². The molecule has 30 heteroatoms. The smallest absolute Gasteiger partial charge is 0.407 e. The first-order valence-electron chi connectivity index (χ1n) is 18.2. The number of benzene rings is 1. The summed E-state index contributed by atoms with van der Waals surface area (Å²) in [5.74, 6) is -3.74. The quantitative estimate of drug-likeness (QED) is 0.0455. The van der Waals surface area contributed by atoms with E-state index in [1.807, 2.05) is 0 Å². The van der Waals surface area contributed by atoms with Crippen LogP contribution in [0.4, 0.5) is 4.79 Å². The predicted octanol–water partition coefficient (Wildman–Crippen LogP) is -5.59. The monoisotopic (exact) mass is 937 g/mol. The normalized spacial score (nSPS) is 34.1. The number of hydrogen-bond acceptors (Lipinski definition) is 22. The topological polar surface area (TPSA) is 418 Å². The molecular formula is C32H47N3O25S2. The molecular weight excluding hydrogens is 890 g/mol. The minimum atomic E-state index is -5.47. The number of carboxylic acid groups (broad SMARTS) is 1. The van der Waals surface area contributed by atoms with Crippen LogP contribution >= 0.6 is 0 Å². The van der Waals surface area contributed by atoms with E-state index in [2.05, 4.69) is 20.1 Å². The van der Waals surface area contributed by atoms with Crippen LogP contribution in [-0.4, -0.2) is 199 Å². The molecule has 0 unspecified atom stereocenters. The van der Waals surface area contributed by atoms with Crippen LogP contribution in [-0.2, 0) is 83.3 Å². The van der Waals surface area contributed by atoms with Gasteiger partial charge in [-0.2, -0.15) is 16.8 Å². The van der Waals surface area contributed by atoms with Gasteiger partial charge in [-0.3, -0.25) is 18.7 Å². The summed E-state index contributed by atoms with van der Waals surface area (Å²) in [5, 5.41) is 70.6. The van der Waals surface area contributed by atoms with Crippen molar-refractivity contribution in [2.24, 2.45) is 0 Å². The lowest BCUT2D eigenvalue weighted by Crippen LogP contribution is -2.70. The van der Waals surface area contributed by atoms with Gasteiger partial charge in [0.2, 0.25) is 11.8 Å². The van der Waals surface area contributed by atoms with Gasteiger partial charge in [0, 0.05) is 20.4 Å². The maximum absolute atomic E-state index is 12.6. The van der Waals surface area contributed by atoms with Crippen molar-refractivity contribution >= 4 is 44.7 Å². The Labute approximate surface area is 352 Å². The van der Waals surface area contributed by atoms with Gasteiger partial charge in [0.25, 0.3) is 0 Å². The highest BCUT2D eigenvalue weighted by Gasteiger charge is 2.57. The van der Waals surface area contributed by atoms with Crippen LogP contribution in [0.25, 0.3) is 0 Å². The Bertz CT molecular complexity index is 1900. The van der Waals surface area contributed by atoms with Crippen LogP contribution in [0.1, 0.15) is 19.4 Å². The number of alkyl carbamates (subject to hydrolysis) is 1. The van der Waals surface area contributed by atoms with Crippen LogP contribution in [0.3, 0.4) is 0 Å². The van der Waals surface area contributed by atoms with Crippen molar-refractivity contribution in [1.29, 1.82) is 0 Å². The Morgan fingerprint density at radius 2 is 1.24 bits per heavy atom. The number of amides is 3. The molecule has 3 amide bonds. The number of aliphatic carboxylic acids is 1. The molecule has 0 bridgehead atoms. The first-order chi connectivity index (χ1) is 29.0. The number of carbonyl (C=O) groups is 4. The van der Waals surface area contributed by atoms with Gasteiger partial charge in [-0.1, -0.05) is 30.3 Å². The highest BCUT2D eigenvalue weighted by Crippen LogP contribution is 2.34. The van der Waals surface area contributed by atoms with Crippen LogP contribution in [0, 0.1) is 0 Å². The lowest BCUT2D eigenvalue weighted by atomic mass is 9.94. The molecule has 0 saturated carbocycles. The molecule has 3 saturated heterocycles. The Kier molecular flexibility index (Phi) is 18.2. The number of nitrogens with one attached hydrogen (secondary N) is 3. The summed E-state index contributed by atoms with van der Waals surface area (Å²) in [6.45, 7) is -1.11. The molecule has 11 N–H and O–H groups in total. The average molecular weight is 938 g/mol. The first kappa shape index (κ1) is 50.8. The molecule has 3 heterocycles. The SMILES string of the molecule is CC(=O)N[C@H]1[C@H](O[C@H]2[C@H](O)[C@@H](O)[C@H](O[C@@H]3[C@@H](NC(C)=O)[C@H](OCCNC(=O)OCc4ccccc4)O[C@H](CO)[C@@H]3OS(=O)(=O)O)O[C@@H]2C(=O)O)O[C@H](CO)[C@H](OS(=O)(=O)O)[C@@H]1O. The molecule has 3 aliphatic rings. The van der Waals surface area contributed by atoms with E-state index >= 15 is 0 Å². The standard InChI is InChI=1S/C32H47N3O25S2/c1-13(38)34-18-20(40)23(59-61(46,47)48)16(10-36)55-30(18)57-26-21(41)22(42)31(58-27(26)28(43)44)56-25-19(35-14(2)39)29(54-17(11-37)24(25)60-62(49,50)51)52-9-8-33-32(45)53-12-15-6-4-3-5-7-15/h3-7,16-27,29-31,36-37,40-42H,8-12H2,1-2H3,(H,33,45)(H,34,38)(H,35,39)(H,43,44)(H,46,47,48)(H,49,50,51)/t16-,17-,18-,19-,20-,21-,22-,23+,24+,25-,26+,27+,29-,30+,31-/m1/s1. The molecule has 28 nitrogen and oxygen atoms in total. The molecule has 0 spiro atoms. The van der Waals surface area contributed by atoms with E-state index in [4.69, 9.17) is 37.3 Å². The minimum Gasteiger partial charge on any atom is -0.479 e. The van der Waals surface area contributed by atoms with Gasteiger partial charge in [-0.15, -0.1) is 0 Å². The third-order valence-electron chi connectivity index (χ3n) is 9.12. The van der Waals surface area contributed by atoms with Crippen molar-refractivity contribution in [2.45, 2.75) is 112 Å². The van der Waals surface area contributed by atoms with Crippen molar-refractivity contribution in [3.63, 3.8) is 0 Å². The summed E-state index contributed by atoms with van der Waals surface area (Å²) in [7, 11) is -10.8. The second-order valence-electron chi connectivity index (χ2n) is 13.7. The van der Waals surface area contributed by atoms with Gasteiger partial charge in [0.05, 0.1) is 19.8 Å². The fraction of sp³-hybridized carbons (Fsp3) is 0.688. The van der Waals surface area contributed by atoms with Gasteiger partial charge >= 0.3 is 32.9 Å². The Balaban J connectivity index is 1.58. The lowest BCUT2D eigenvalue weighted by Gasteiger charge is -2.49. The minimum absolute atomic E-state index is 0.0790. The van der Waals surface area contributed by atoms with E-state index in [9.17, 15) is 75.8 Å². The molecule has 62 heavy (non-hydrogen) atoms. The van der Waals surface area contributed by atoms with Gasteiger partial charge in [0.1, 0.15) is 73.6 Å². The fourth-order valence-electron chi connectivity index (χ4n) is 6.54. The summed E-state index contributed by atoms with van der Waals surface area (Å²) in [6, 6.07) is 5.00. The third kappa shape index (κ3) is 14.1. The number of rotatable bonds is 19. The number of carboxylic acids is 1. The lowest BCUT2D eigenvalue weighted by molar-refractivity contribution is -0.358. The third-order valence-corrected chi connectivity index (χ3v) is 10.1. The highest BCUT2D eigenvalue weighted by molar-refractivity contribution is 7.81. The van der Waals surface area contributed by atoms with Crippen molar-refractivity contribution in [1.82, 2.24) is 16.0 Å². The Hall–Kier alpha value is -3.80. The Morgan fingerprint density at radius 1 is 0.694 bits per heavy atom. The van der Waals surface area contributed by atoms with Crippen LogP contribution < -0.4 is 16.0 Å². The summed E-state index contributed by atoms with van der Waals surface area (Å²) < 4.78 is 114. The van der Waals surface area contributed by atoms with E-state index in [0.29, 0.717) is 5.56 Å². The molecule has 352 valence electrons. The van der Waals surface area contributed by atoms with Gasteiger partial charge in [0.15, 0.2) is 25.0 Å². The van der Waals surface area contributed by atoms with Crippen molar-refractivity contribution in [3.05, 3.63) is 35.9 Å². The maximum atomic E-state index is 12.6. The highest BCUT2D eigenvalue weighted by atomic mass is 32.3. The molecule has 0 aliphatic carbocycles.